The molecule has 1 fully saturated rings. The fraction of sp³-hybridized carbons (Fsp3) is 0.588. The zero-order valence-electron chi connectivity index (χ0n) is 14.9. The second-order valence-electron chi connectivity index (χ2n) is 6.24. The number of sulfone groups is 1. The molecular weight excluding hydrogens is 364 g/mol. The Hall–Kier alpha value is -1.31. The summed E-state index contributed by atoms with van der Waals surface area (Å²) in [7, 11) is -3.50. The summed E-state index contributed by atoms with van der Waals surface area (Å²) in [5, 5.41) is 5.92. The van der Waals surface area contributed by atoms with Gasteiger partial charge in [-0.15, -0.1) is 12.4 Å². The highest BCUT2D eigenvalue weighted by Gasteiger charge is 2.48. The standard InChI is InChI=1S/C17H26N2O4S.ClH/c1-4-23-15-11-13(2)5-6-14(15)12-19-16(20)17(24(3,21)22)7-9-18-10-8-17;/h5-6,11,18H,4,7-10,12H2,1-3H3,(H,19,20);1H. The largest absolute Gasteiger partial charge is 0.494 e. The van der Waals surface area contributed by atoms with Crippen LogP contribution in [0.15, 0.2) is 18.2 Å². The predicted octanol–water partition coefficient (Wildman–Crippen LogP) is 1.60. The molecule has 6 nitrogen and oxygen atoms in total. The van der Waals surface area contributed by atoms with Crippen molar-refractivity contribution in [1.82, 2.24) is 10.6 Å². The summed E-state index contributed by atoms with van der Waals surface area (Å²) >= 11 is 0. The maximum absolute atomic E-state index is 12.7. The van der Waals surface area contributed by atoms with Crippen molar-refractivity contribution >= 4 is 28.2 Å². The first-order chi connectivity index (χ1) is 11.3. The van der Waals surface area contributed by atoms with Gasteiger partial charge in [-0.2, -0.15) is 0 Å². The number of piperidine rings is 1. The minimum atomic E-state index is -3.50. The van der Waals surface area contributed by atoms with Gasteiger partial charge in [0.15, 0.2) is 14.6 Å². The number of carbonyl (C=O) groups is 1. The normalized spacial score (nSPS) is 16.6. The Kier molecular flexibility index (Phi) is 7.71. The van der Waals surface area contributed by atoms with Crippen LogP contribution in [0.5, 0.6) is 5.75 Å². The van der Waals surface area contributed by atoms with Crippen molar-refractivity contribution in [2.45, 2.75) is 38.0 Å². The van der Waals surface area contributed by atoms with Gasteiger partial charge in [-0.05, 0) is 51.4 Å². The van der Waals surface area contributed by atoms with Gasteiger partial charge in [0.2, 0.25) is 5.91 Å². The van der Waals surface area contributed by atoms with Crippen LogP contribution in [0.3, 0.4) is 0 Å². The van der Waals surface area contributed by atoms with Crippen LogP contribution in [0.4, 0.5) is 0 Å². The molecule has 2 N–H and O–H groups in total. The lowest BCUT2D eigenvalue weighted by atomic mass is 9.95. The van der Waals surface area contributed by atoms with Gasteiger partial charge >= 0.3 is 0 Å². The van der Waals surface area contributed by atoms with Crippen molar-refractivity contribution in [2.24, 2.45) is 0 Å². The first kappa shape index (κ1) is 21.7. The third-order valence-corrected chi connectivity index (χ3v) is 6.51. The second kappa shape index (κ2) is 8.87. The Morgan fingerprint density at radius 3 is 2.52 bits per heavy atom. The van der Waals surface area contributed by atoms with E-state index in [-0.39, 0.29) is 19.0 Å². The van der Waals surface area contributed by atoms with E-state index >= 15 is 0 Å². The molecule has 1 aliphatic rings. The summed E-state index contributed by atoms with van der Waals surface area (Å²) in [6.45, 7) is 5.70. The number of hydrogen-bond donors (Lipinski definition) is 2. The van der Waals surface area contributed by atoms with Crippen molar-refractivity contribution in [2.75, 3.05) is 26.0 Å². The molecule has 142 valence electrons. The van der Waals surface area contributed by atoms with E-state index in [0.29, 0.717) is 32.5 Å². The molecule has 1 amide bonds. The highest BCUT2D eigenvalue weighted by atomic mass is 35.5. The molecule has 1 heterocycles. The average Bonchev–Trinajstić information content (AvgIpc) is 2.54. The summed E-state index contributed by atoms with van der Waals surface area (Å²) in [4.78, 5) is 12.7. The van der Waals surface area contributed by atoms with E-state index in [4.69, 9.17) is 4.74 Å². The molecule has 0 unspecified atom stereocenters. The SMILES string of the molecule is CCOc1cc(C)ccc1CNC(=O)C1(S(C)(=O)=O)CCNCC1.Cl. The van der Waals surface area contributed by atoms with Crippen LogP contribution >= 0.6 is 12.4 Å². The van der Waals surface area contributed by atoms with E-state index in [1.807, 2.05) is 32.0 Å². The number of aryl methyl sites for hydroxylation is 1. The van der Waals surface area contributed by atoms with Crippen LogP contribution in [-0.2, 0) is 21.2 Å². The Balaban J connectivity index is 0.00000312. The van der Waals surface area contributed by atoms with E-state index < -0.39 is 20.5 Å². The first-order valence-electron chi connectivity index (χ1n) is 8.21. The molecule has 0 spiro atoms. The molecule has 2 rings (SSSR count). The Bertz CT molecular complexity index is 701. The van der Waals surface area contributed by atoms with Gasteiger partial charge in [0.1, 0.15) is 5.75 Å². The molecule has 0 atom stereocenters. The van der Waals surface area contributed by atoms with Crippen molar-refractivity contribution < 1.29 is 17.9 Å². The predicted molar refractivity (Wildman–Crippen MR) is 101 cm³/mol. The fourth-order valence-corrected chi connectivity index (χ4v) is 4.39. The minimum Gasteiger partial charge on any atom is -0.494 e. The van der Waals surface area contributed by atoms with E-state index in [1.54, 1.807) is 0 Å². The molecule has 0 saturated carbocycles. The summed E-state index contributed by atoms with van der Waals surface area (Å²) in [6, 6.07) is 5.76. The zero-order valence-corrected chi connectivity index (χ0v) is 16.6. The molecule has 0 bridgehead atoms. The number of carbonyl (C=O) groups excluding carboxylic acids is 1. The van der Waals surface area contributed by atoms with Crippen LogP contribution in [-0.4, -0.2) is 45.0 Å². The number of halogens is 1. The summed E-state index contributed by atoms with van der Waals surface area (Å²) in [5.74, 6) is 0.297. The monoisotopic (exact) mass is 390 g/mol. The molecule has 1 aromatic carbocycles. The van der Waals surface area contributed by atoms with Crippen LogP contribution in [0.25, 0.3) is 0 Å². The maximum atomic E-state index is 12.7. The van der Waals surface area contributed by atoms with Crippen molar-refractivity contribution in [3.05, 3.63) is 29.3 Å². The lowest BCUT2D eigenvalue weighted by Gasteiger charge is -2.34. The van der Waals surface area contributed by atoms with Crippen molar-refractivity contribution in [3.63, 3.8) is 0 Å². The van der Waals surface area contributed by atoms with Crippen molar-refractivity contribution in [1.29, 1.82) is 0 Å². The number of nitrogens with one attached hydrogen (secondary N) is 2. The number of rotatable bonds is 6. The van der Waals surface area contributed by atoms with E-state index in [9.17, 15) is 13.2 Å². The van der Waals surface area contributed by atoms with Crippen LogP contribution in [0.1, 0.15) is 30.9 Å². The quantitative estimate of drug-likeness (QED) is 0.770. The number of ether oxygens (including phenoxy) is 1. The van der Waals surface area contributed by atoms with Gasteiger partial charge in [0.05, 0.1) is 6.61 Å². The van der Waals surface area contributed by atoms with Crippen LogP contribution < -0.4 is 15.4 Å². The second-order valence-corrected chi connectivity index (χ2v) is 8.57. The van der Waals surface area contributed by atoms with Gasteiger partial charge in [0.25, 0.3) is 0 Å². The Labute approximate surface area is 156 Å². The smallest absolute Gasteiger partial charge is 0.241 e. The highest BCUT2D eigenvalue weighted by molar-refractivity contribution is 7.92. The number of hydrogen-bond acceptors (Lipinski definition) is 5. The average molecular weight is 391 g/mol. The third-order valence-electron chi connectivity index (χ3n) is 4.50. The Morgan fingerprint density at radius 2 is 1.96 bits per heavy atom. The molecule has 1 aliphatic heterocycles. The van der Waals surface area contributed by atoms with Gasteiger partial charge in [-0.25, -0.2) is 8.42 Å². The minimum absolute atomic E-state index is 0. The van der Waals surface area contributed by atoms with Crippen LogP contribution in [0.2, 0.25) is 0 Å². The molecular formula is C17H27ClN2O4S. The number of benzene rings is 1. The topological polar surface area (TPSA) is 84.5 Å². The zero-order chi connectivity index (χ0) is 17.8. The molecule has 1 aromatic rings. The summed E-state index contributed by atoms with van der Waals surface area (Å²) in [6.07, 6.45) is 1.74. The third kappa shape index (κ3) is 4.86. The lowest BCUT2D eigenvalue weighted by molar-refractivity contribution is -0.124. The lowest BCUT2D eigenvalue weighted by Crippen LogP contribution is -2.57. The molecule has 0 aromatic heterocycles. The highest BCUT2D eigenvalue weighted by Crippen LogP contribution is 2.28. The summed E-state index contributed by atoms with van der Waals surface area (Å²) < 4.78 is 28.8. The van der Waals surface area contributed by atoms with Crippen molar-refractivity contribution in [3.8, 4) is 5.75 Å². The molecule has 1 saturated heterocycles. The van der Waals surface area contributed by atoms with Crippen LogP contribution in [0, 0.1) is 6.92 Å². The maximum Gasteiger partial charge on any atom is 0.241 e. The fourth-order valence-electron chi connectivity index (χ4n) is 3.03. The molecule has 25 heavy (non-hydrogen) atoms. The molecule has 0 radical (unpaired) electrons. The van der Waals surface area contributed by atoms with Gasteiger partial charge in [-0.3, -0.25) is 4.79 Å². The van der Waals surface area contributed by atoms with E-state index in [2.05, 4.69) is 10.6 Å². The van der Waals surface area contributed by atoms with Gasteiger partial charge in [0, 0.05) is 18.4 Å². The van der Waals surface area contributed by atoms with Gasteiger partial charge in [-0.1, -0.05) is 12.1 Å². The van der Waals surface area contributed by atoms with Gasteiger partial charge < -0.3 is 15.4 Å². The Morgan fingerprint density at radius 1 is 1.32 bits per heavy atom. The van der Waals surface area contributed by atoms with E-state index in [1.165, 1.54) is 0 Å². The number of amides is 1. The molecule has 8 heteroatoms. The summed E-state index contributed by atoms with van der Waals surface area (Å²) in [5.41, 5.74) is 1.91. The molecule has 0 aliphatic carbocycles. The first-order valence-corrected chi connectivity index (χ1v) is 10.1. The van der Waals surface area contributed by atoms with E-state index in [0.717, 1.165) is 23.1 Å².